The molecule has 4 rings (SSSR count). The zero-order valence-electron chi connectivity index (χ0n) is 13.6. The van der Waals surface area contributed by atoms with Gasteiger partial charge in [0.2, 0.25) is 0 Å². The summed E-state index contributed by atoms with van der Waals surface area (Å²) in [4.78, 5) is 0. The van der Waals surface area contributed by atoms with Crippen molar-refractivity contribution in [2.24, 2.45) is 0 Å². The predicted octanol–water partition coefficient (Wildman–Crippen LogP) is 3.99. The van der Waals surface area contributed by atoms with E-state index in [9.17, 15) is 5.26 Å². The number of nitrogens with zero attached hydrogens (tertiary/aromatic N) is 5. The van der Waals surface area contributed by atoms with Crippen LogP contribution < -0.4 is 0 Å². The molecule has 0 spiro atoms. The second-order valence-corrected chi connectivity index (χ2v) is 6.64. The van der Waals surface area contributed by atoms with E-state index >= 15 is 0 Å². The summed E-state index contributed by atoms with van der Waals surface area (Å²) in [5.41, 5.74) is 4.88. The molecule has 0 aliphatic rings. The third-order valence-corrected chi connectivity index (χ3v) is 5.11. The molecule has 1 aromatic carbocycles. The van der Waals surface area contributed by atoms with Crippen molar-refractivity contribution in [3.05, 3.63) is 77.9 Å². The number of thioether (sulfide) groups is 1. The van der Waals surface area contributed by atoms with E-state index in [1.165, 1.54) is 0 Å². The lowest BCUT2D eigenvalue weighted by Gasteiger charge is -2.08. The first kappa shape index (κ1) is 15.5. The molecular formula is C19H15N5S. The Morgan fingerprint density at radius 3 is 2.84 bits per heavy atom. The maximum atomic E-state index is 9.53. The van der Waals surface area contributed by atoms with Gasteiger partial charge in [0, 0.05) is 18.1 Å². The summed E-state index contributed by atoms with van der Waals surface area (Å²) in [7, 11) is 0. The molecule has 0 amide bonds. The van der Waals surface area contributed by atoms with Crippen LogP contribution in [0, 0.1) is 18.3 Å². The molecule has 0 atom stereocenters. The fourth-order valence-corrected chi connectivity index (χ4v) is 3.77. The first-order valence-electron chi connectivity index (χ1n) is 7.85. The summed E-state index contributed by atoms with van der Waals surface area (Å²) < 4.78 is 3.97. The van der Waals surface area contributed by atoms with E-state index in [4.69, 9.17) is 0 Å². The van der Waals surface area contributed by atoms with Gasteiger partial charge < -0.3 is 4.40 Å². The average Bonchev–Trinajstić information content (AvgIpc) is 3.24. The zero-order valence-corrected chi connectivity index (χ0v) is 14.4. The van der Waals surface area contributed by atoms with Crippen LogP contribution in [0.4, 0.5) is 0 Å². The summed E-state index contributed by atoms with van der Waals surface area (Å²) in [6.07, 6.45) is 5.70. The monoisotopic (exact) mass is 345 g/mol. The highest BCUT2D eigenvalue weighted by molar-refractivity contribution is 7.98. The van der Waals surface area contributed by atoms with E-state index in [0.717, 1.165) is 33.1 Å². The third-order valence-electron chi connectivity index (χ3n) is 4.12. The summed E-state index contributed by atoms with van der Waals surface area (Å²) in [6.45, 7) is 2.07. The quantitative estimate of drug-likeness (QED) is 0.525. The first-order valence-corrected chi connectivity index (χ1v) is 8.84. The molecule has 5 nitrogen and oxygen atoms in total. The van der Waals surface area contributed by atoms with Crippen LogP contribution in [0.25, 0.3) is 11.2 Å². The Hall–Kier alpha value is -3.04. The van der Waals surface area contributed by atoms with Gasteiger partial charge in [0.1, 0.15) is 12.4 Å². The van der Waals surface area contributed by atoms with Gasteiger partial charge in [-0.15, -0.1) is 10.2 Å². The molecule has 3 heterocycles. The molecule has 0 radical (unpaired) electrons. The Morgan fingerprint density at radius 1 is 1.16 bits per heavy atom. The standard InChI is InChI=1S/C19H15N5S/c1-14-6-2-3-7-17(14)24-13-21-22-19(24)25-12-15-11-23-9-5-4-8-18(23)16(15)10-20/h2-9,11,13H,12H2,1H3. The van der Waals surface area contributed by atoms with Crippen molar-refractivity contribution < 1.29 is 0 Å². The number of hydrogen-bond donors (Lipinski definition) is 0. The van der Waals surface area contributed by atoms with Crippen molar-refractivity contribution in [3.63, 3.8) is 0 Å². The molecule has 0 aliphatic carbocycles. The van der Waals surface area contributed by atoms with Gasteiger partial charge in [-0.2, -0.15) is 5.26 Å². The lowest BCUT2D eigenvalue weighted by molar-refractivity contribution is 0.878. The normalized spacial score (nSPS) is 10.9. The molecule has 0 N–H and O–H groups in total. The minimum atomic E-state index is 0.662. The van der Waals surface area contributed by atoms with Crippen LogP contribution in [-0.4, -0.2) is 19.2 Å². The first-order chi connectivity index (χ1) is 12.3. The molecule has 6 heteroatoms. The zero-order chi connectivity index (χ0) is 17.2. The van der Waals surface area contributed by atoms with Crippen molar-refractivity contribution >= 4 is 17.3 Å². The van der Waals surface area contributed by atoms with Gasteiger partial charge in [-0.25, -0.2) is 0 Å². The van der Waals surface area contributed by atoms with Crippen LogP contribution >= 0.6 is 11.8 Å². The minimum Gasteiger partial charge on any atom is -0.322 e. The third kappa shape index (κ3) is 2.79. The Morgan fingerprint density at radius 2 is 2.00 bits per heavy atom. The van der Waals surface area contributed by atoms with Crippen molar-refractivity contribution in [1.29, 1.82) is 5.26 Å². The van der Waals surface area contributed by atoms with E-state index in [2.05, 4.69) is 35.3 Å². The van der Waals surface area contributed by atoms with E-state index in [-0.39, 0.29) is 0 Å². The Labute approximate surface area is 149 Å². The van der Waals surface area contributed by atoms with Gasteiger partial charge in [0.05, 0.1) is 16.8 Å². The molecule has 122 valence electrons. The van der Waals surface area contributed by atoms with Crippen LogP contribution in [-0.2, 0) is 5.75 Å². The SMILES string of the molecule is Cc1ccccc1-n1cnnc1SCc1cn2ccccc2c1C#N. The van der Waals surface area contributed by atoms with Crippen LogP contribution in [0.2, 0.25) is 0 Å². The van der Waals surface area contributed by atoms with E-state index < -0.39 is 0 Å². The summed E-state index contributed by atoms with van der Waals surface area (Å²) >= 11 is 1.58. The molecular weight excluding hydrogens is 330 g/mol. The molecule has 4 aromatic rings. The van der Waals surface area contributed by atoms with Crippen LogP contribution in [0.15, 0.2) is 66.3 Å². The molecule has 0 saturated heterocycles. The summed E-state index contributed by atoms with van der Waals surface area (Å²) in [5, 5.41) is 18.6. The maximum Gasteiger partial charge on any atom is 0.195 e. The average molecular weight is 345 g/mol. The van der Waals surface area contributed by atoms with Crippen LogP contribution in [0.5, 0.6) is 0 Å². The number of aromatic nitrogens is 4. The second kappa shape index (κ2) is 6.46. The van der Waals surface area contributed by atoms with Crippen molar-refractivity contribution in [1.82, 2.24) is 19.2 Å². The molecule has 0 saturated carbocycles. The number of hydrogen-bond acceptors (Lipinski definition) is 4. The molecule has 0 bridgehead atoms. The highest BCUT2D eigenvalue weighted by Crippen LogP contribution is 2.28. The number of aryl methyl sites for hydroxylation is 1. The van der Waals surface area contributed by atoms with Gasteiger partial charge >= 0.3 is 0 Å². The van der Waals surface area contributed by atoms with Crippen molar-refractivity contribution in [2.75, 3.05) is 0 Å². The van der Waals surface area contributed by atoms with Crippen molar-refractivity contribution in [3.8, 4) is 11.8 Å². The number of rotatable bonds is 4. The molecule has 3 aromatic heterocycles. The van der Waals surface area contributed by atoms with Gasteiger partial charge in [0.15, 0.2) is 5.16 Å². The molecule has 0 unspecified atom stereocenters. The number of nitriles is 1. The smallest absolute Gasteiger partial charge is 0.195 e. The summed E-state index contributed by atoms with van der Waals surface area (Å²) in [6, 6.07) is 16.3. The maximum absolute atomic E-state index is 9.53. The van der Waals surface area contributed by atoms with Gasteiger partial charge in [-0.05, 0) is 36.2 Å². The minimum absolute atomic E-state index is 0.662. The predicted molar refractivity (Wildman–Crippen MR) is 97.8 cm³/mol. The Bertz CT molecular complexity index is 1090. The Kier molecular flexibility index (Phi) is 4.00. The molecule has 0 aliphatic heterocycles. The largest absolute Gasteiger partial charge is 0.322 e. The topological polar surface area (TPSA) is 58.9 Å². The van der Waals surface area contributed by atoms with Crippen molar-refractivity contribution in [2.45, 2.75) is 17.8 Å². The number of para-hydroxylation sites is 1. The van der Waals surface area contributed by atoms with E-state index in [0.29, 0.717) is 5.75 Å². The van der Waals surface area contributed by atoms with Crippen LogP contribution in [0.1, 0.15) is 16.7 Å². The number of pyridine rings is 1. The number of fused-ring (bicyclic) bond motifs is 1. The lowest BCUT2D eigenvalue weighted by atomic mass is 10.2. The summed E-state index contributed by atoms with van der Waals surface area (Å²) in [5.74, 6) is 0.662. The Balaban J connectivity index is 1.65. The fraction of sp³-hybridized carbons (Fsp3) is 0.105. The van der Waals surface area contributed by atoms with Gasteiger partial charge in [-0.1, -0.05) is 36.0 Å². The second-order valence-electron chi connectivity index (χ2n) is 5.69. The highest BCUT2D eigenvalue weighted by Gasteiger charge is 2.13. The highest BCUT2D eigenvalue weighted by atomic mass is 32.2. The molecule has 0 fully saturated rings. The fourth-order valence-electron chi connectivity index (χ4n) is 2.88. The van der Waals surface area contributed by atoms with Crippen LogP contribution in [0.3, 0.4) is 0 Å². The van der Waals surface area contributed by atoms with E-state index in [1.54, 1.807) is 18.1 Å². The van der Waals surface area contributed by atoms with Gasteiger partial charge in [-0.3, -0.25) is 4.57 Å². The van der Waals surface area contributed by atoms with E-state index in [1.807, 2.05) is 51.7 Å². The lowest BCUT2D eigenvalue weighted by Crippen LogP contribution is -1.97. The molecule has 25 heavy (non-hydrogen) atoms. The van der Waals surface area contributed by atoms with Gasteiger partial charge in [0.25, 0.3) is 0 Å². The number of benzene rings is 1.